The molecule has 0 bridgehead atoms. The zero-order valence-corrected chi connectivity index (χ0v) is 10.5. The van der Waals surface area contributed by atoms with Crippen LogP contribution in [0.2, 0.25) is 0 Å². The fraction of sp³-hybridized carbons (Fsp3) is 0.700. The van der Waals surface area contributed by atoms with E-state index < -0.39 is 4.92 Å². The second-order valence-corrected chi connectivity index (χ2v) is 4.11. The minimum atomic E-state index is -0.468. The molecule has 16 heavy (non-hydrogen) atoms. The Hall–Kier alpha value is -1.04. The molecule has 5 nitrogen and oxygen atoms in total. The Morgan fingerprint density at radius 3 is 2.62 bits per heavy atom. The maximum atomic E-state index is 10.7. The molecule has 0 spiro atoms. The van der Waals surface area contributed by atoms with E-state index in [1.54, 1.807) is 0 Å². The third-order valence-electron chi connectivity index (χ3n) is 2.38. The highest BCUT2D eigenvalue weighted by molar-refractivity contribution is 7.80. The first-order valence-electron chi connectivity index (χ1n) is 5.54. The van der Waals surface area contributed by atoms with Gasteiger partial charge in [-0.3, -0.25) is 4.57 Å². The molecule has 0 radical (unpaired) electrons. The fourth-order valence-electron chi connectivity index (χ4n) is 1.56. The fourth-order valence-corrected chi connectivity index (χ4v) is 1.91. The van der Waals surface area contributed by atoms with E-state index in [0.29, 0.717) is 5.03 Å². The molecule has 0 saturated carbocycles. The van der Waals surface area contributed by atoms with Gasteiger partial charge in [-0.25, -0.2) is 0 Å². The lowest BCUT2D eigenvalue weighted by Gasteiger charge is -2.04. The normalized spacial score (nSPS) is 10.7. The number of thiol groups is 1. The maximum absolute atomic E-state index is 10.7. The molecular weight excluding hydrogens is 226 g/mol. The molecule has 0 aromatic carbocycles. The number of rotatable bonds is 6. The van der Waals surface area contributed by atoms with Gasteiger partial charge in [0.15, 0.2) is 5.03 Å². The number of hydrogen-bond donors (Lipinski definition) is 1. The maximum Gasteiger partial charge on any atom is 0.395 e. The highest BCUT2D eigenvalue weighted by Crippen LogP contribution is 2.24. The predicted octanol–water partition coefficient (Wildman–Crippen LogP) is 2.83. The van der Waals surface area contributed by atoms with Crippen molar-refractivity contribution in [2.75, 3.05) is 0 Å². The van der Waals surface area contributed by atoms with Crippen molar-refractivity contribution >= 4 is 18.4 Å². The van der Waals surface area contributed by atoms with Gasteiger partial charge in [-0.1, -0.05) is 20.3 Å². The molecule has 1 heterocycles. The Morgan fingerprint density at radius 1 is 1.44 bits per heavy atom. The van der Waals surface area contributed by atoms with Crippen molar-refractivity contribution < 1.29 is 4.92 Å². The monoisotopic (exact) mass is 243 g/mol. The van der Waals surface area contributed by atoms with Crippen molar-refractivity contribution in [2.24, 2.45) is 0 Å². The number of aryl methyl sites for hydroxylation is 1. The Bertz CT molecular complexity index is 376. The second kappa shape index (κ2) is 5.89. The van der Waals surface area contributed by atoms with E-state index in [1.807, 2.05) is 11.5 Å². The van der Waals surface area contributed by atoms with E-state index in [4.69, 9.17) is 0 Å². The Balaban J connectivity index is 3.04. The van der Waals surface area contributed by atoms with E-state index in [9.17, 15) is 10.1 Å². The van der Waals surface area contributed by atoms with Gasteiger partial charge in [-0.15, -0.1) is 12.6 Å². The van der Waals surface area contributed by atoms with E-state index in [1.165, 1.54) is 0 Å². The summed E-state index contributed by atoms with van der Waals surface area (Å²) < 4.78 is 1.86. The van der Waals surface area contributed by atoms with Gasteiger partial charge in [0.25, 0.3) is 0 Å². The first-order chi connectivity index (χ1) is 7.61. The summed E-state index contributed by atoms with van der Waals surface area (Å²) >= 11 is 4.20. The first kappa shape index (κ1) is 13.0. The van der Waals surface area contributed by atoms with Crippen LogP contribution >= 0.6 is 12.6 Å². The Morgan fingerprint density at radius 2 is 2.12 bits per heavy atom. The minimum Gasteiger partial charge on any atom is -0.358 e. The summed E-state index contributed by atoms with van der Waals surface area (Å²) in [5.41, 5.74) is 0. The van der Waals surface area contributed by atoms with Crippen molar-refractivity contribution in [3.8, 4) is 0 Å². The number of unbranched alkanes of at least 4 members (excludes halogenated alkanes) is 1. The Labute approximate surface area is 100 Å². The smallest absolute Gasteiger partial charge is 0.358 e. The molecule has 0 fully saturated rings. The molecule has 0 saturated heterocycles. The van der Waals surface area contributed by atoms with Crippen LogP contribution < -0.4 is 0 Å². The van der Waals surface area contributed by atoms with Crippen molar-refractivity contribution in [2.45, 2.75) is 51.1 Å². The van der Waals surface area contributed by atoms with Crippen LogP contribution in [0.15, 0.2) is 5.03 Å². The van der Waals surface area contributed by atoms with Crippen LogP contribution in [0.4, 0.5) is 5.82 Å². The zero-order valence-electron chi connectivity index (χ0n) is 9.64. The van der Waals surface area contributed by atoms with Gasteiger partial charge in [-0.05, 0) is 22.7 Å². The lowest BCUT2D eigenvalue weighted by molar-refractivity contribution is -0.392. The summed E-state index contributed by atoms with van der Waals surface area (Å²) in [6, 6.07) is 0. The lowest BCUT2D eigenvalue weighted by atomic mass is 10.3. The van der Waals surface area contributed by atoms with Crippen LogP contribution in [0, 0.1) is 10.1 Å². The second-order valence-electron chi connectivity index (χ2n) is 3.69. The molecule has 0 aliphatic carbocycles. The number of hydrogen-bond acceptors (Lipinski definition) is 4. The van der Waals surface area contributed by atoms with Crippen LogP contribution in [0.3, 0.4) is 0 Å². The Kier molecular flexibility index (Phi) is 4.79. The zero-order chi connectivity index (χ0) is 12.1. The number of nitro groups is 1. The molecule has 1 aromatic heterocycles. The van der Waals surface area contributed by atoms with Gasteiger partial charge in [0.2, 0.25) is 5.82 Å². The molecule has 6 heteroatoms. The summed E-state index contributed by atoms with van der Waals surface area (Å²) in [6.07, 6.45) is 3.71. The molecule has 90 valence electrons. The summed E-state index contributed by atoms with van der Waals surface area (Å²) in [5, 5.41) is 11.1. The molecule has 0 atom stereocenters. The van der Waals surface area contributed by atoms with Crippen LogP contribution in [-0.4, -0.2) is 14.5 Å². The van der Waals surface area contributed by atoms with Gasteiger partial charge in [0.05, 0.1) is 0 Å². The summed E-state index contributed by atoms with van der Waals surface area (Å²) in [7, 11) is 0. The molecule has 0 N–H and O–H groups in total. The van der Waals surface area contributed by atoms with Crippen LogP contribution in [0.25, 0.3) is 0 Å². The third-order valence-corrected chi connectivity index (χ3v) is 2.83. The molecule has 1 aromatic rings. The standard InChI is InChI=1S/C10H17N3O2S/c1-3-5-7-12-8(6-4-2)11-9(10(12)16)13(14)15/h16H,3-7H2,1-2H3. The predicted molar refractivity (Wildman–Crippen MR) is 65.0 cm³/mol. The quantitative estimate of drug-likeness (QED) is 0.475. The van der Waals surface area contributed by atoms with Gasteiger partial charge < -0.3 is 10.1 Å². The minimum absolute atomic E-state index is 0.122. The number of imidazole rings is 1. The molecule has 0 aliphatic rings. The summed E-state index contributed by atoms with van der Waals surface area (Å²) in [5.74, 6) is 0.649. The topological polar surface area (TPSA) is 61.0 Å². The lowest BCUT2D eigenvalue weighted by Crippen LogP contribution is -2.04. The van der Waals surface area contributed by atoms with Gasteiger partial charge in [0, 0.05) is 13.0 Å². The van der Waals surface area contributed by atoms with Crippen molar-refractivity contribution in [1.82, 2.24) is 9.55 Å². The SMILES string of the molecule is CCCCn1c(CCC)nc([N+](=O)[O-])c1S. The average Bonchev–Trinajstić information content (AvgIpc) is 2.54. The highest BCUT2D eigenvalue weighted by Gasteiger charge is 2.24. The largest absolute Gasteiger partial charge is 0.395 e. The van der Waals surface area contributed by atoms with Crippen LogP contribution in [0.1, 0.15) is 38.9 Å². The van der Waals surface area contributed by atoms with E-state index >= 15 is 0 Å². The molecular formula is C10H17N3O2S. The van der Waals surface area contributed by atoms with Gasteiger partial charge in [-0.2, -0.15) is 0 Å². The number of aromatic nitrogens is 2. The van der Waals surface area contributed by atoms with Crippen molar-refractivity contribution in [3.63, 3.8) is 0 Å². The van der Waals surface area contributed by atoms with E-state index in [0.717, 1.165) is 38.1 Å². The molecule has 0 amide bonds. The van der Waals surface area contributed by atoms with Crippen LogP contribution in [-0.2, 0) is 13.0 Å². The summed E-state index contributed by atoms with van der Waals surface area (Å²) in [4.78, 5) is 14.3. The third kappa shape index (κ3) is 2.75. The first-order valence-corrected chi connectivity index (χ1v) is 5.99. The molecule has 0 aliphatic heterocycles. The average molecular weight is 243 g/mol. The van der Waals surface area contributed by atoms with Gasteiger partial charge >= 0.3 is 5.82 Å². The molecule has 0 unspecified atom stereocenters. The highest BCUT2D eigenvalue weighted by atomic mass is 32.1. The van der Waals surface area contributed by atoms with E-state index in [-0.39, 0.29) is 5.82 Å². The van der Waals surface area contributed by atoms with Gasteiger partial charge in [0.1, 0.15) is 0 Å². The van der Waals surface area contributed by atoms with Crippen molar-refractivity contribution in [1.29, 1.82) is 0 Å². The summed E-state index contributed by atoms with van der Waals surface area (Å²) in [6.45, 7) is 4.87. The van der Waals surface area contributed by atoms with Crippen LogP contribution in [0.5, 0.6) is 0 Å². The number of nitrogens with zero attached hydrogens (tertiary/aromatic N) is 3. The van der Waals surface area contributed by atoms with Crippen molar-refractivity contribution in [3.05, 3.63) is 15.9 Å². The molecule has 1 rings (SSSR count). The van der Waals surface area contributed by atoms with E-state index in [2.05, 4.69) is 24.5 Å².